The molecule has 2 rings (SSSR count). The van der Waals surface area contributed by atoms with Crippen molar-refractivity contribution >= 4 is 17.1 Å². The predicted octanol–water partition coefficient (Wildman–Crippen LogP) is 3.64. The van der Waals surface area contributed by atoms with Crippen LogP contribution < -0.4 is 15.8 Å². The summed E-state index contributed by atoms with van der Waals surface area (Å²) in [4.78, 5) is 0. The molecule has 2 aromatic carbocycles. The first kappa shape index (κ1) is 12.3. The Kier molecular flexibility index (Phi) is 3.42. The van der Waals surface area contributed by atoms with Gasteiger partial charge in [-0.3, -0.25) is 0 Å². The number of hydrogen-bond donors (Lipinski definition) is 2. The fraction of sp³-hybridized carbons (Fsp3) is 0.200. The third kappa shape index (κ3) is 2.56. The van der Waals surface area contributed by atoms with Gasteiger partial charge in [-0.1, -0.05) is 6.07 Å². The molecule has 0 radical (unpaired) electrons. The van der Waals surface area contributed by atoms with Gasteiger partial charge in [-0.05, 0) is 55.3 Å². The number of benzene rings is 2. The maximum atomic E-state index is 5.75. The summed E-state index contributed by atoms with van der Waals surface area (Å²) in [6, 6.07) is 11.9. The van der Waals surface area contributed by atoms with E-state index in [-0.39, 0.29) is 0 Å². The Morgan fingerprint density at radius 3 is 2.44 bits per heavy atom. The number of nitrogens with one attached hydrogen (secondary N) is 1. The number of nitrogens with two attached hydrogens (primary N) is 1. The van der Waals surface area contributed by atoms with E-state index in [4.69, 9.17) is 10.5 Å². The summed E-state index contributed by atoms with van der Waals surface area (Å²) in [5, 5.41) is 3.38. The lowest BCUT2D eigenvalue weighted by Crippen LogP contribution is -1.97. The van der Waals surface area contributed by atoms with Crippen LogP contribution in [0.4, 0.5) is 17.1 Å². The van der Waals surface area contributed by atoms with Gasteiger partial charge in [-0.2, -0.15) is 0 Å². The van der Waals surface area contributed by atoms with E-state index in [0.29, 0.717) is 0 Å². The number of ether oxygens (including phenoxy) is 1. The van der Waals surface area contributed by atoms with E-state index < -0.39 is 0 Å². The van der Waals surface area contributed by atoms with Crippen LogP contribution >= 0.6 is 0 Å². The summed E-state index contributed by atoms with van der Waals surface area (Å²) in [7, 11) is 1.67. The Labute approximate surface area is 108 Å². The van der Waals surface area contributed by atoms with Gasteiger partial charge in [0.15, 0.2) is 0 Å². The minimum Gasteiger partial charge on any atom is -0.495 e. The third-order valence-corrected chi connectivity index (χ3v) is 2.87. The quantitative estimate of drug-likeness (QED) is 0.808. The zero-order valence-corrected chi connectivity index (χ0v) is 10.9. The molecule has 0 saturated carbocycles. The van der Waals surface area contributed by atoms with Gasteiger partial charge in [-0.15, -0.1) is 0 Å². The molecule has 94 valence electrons. The molecule has 0 amide bonds. The van der Waals surface area contributed by atoms with Crippen molar-refractivity contribution in [1.82, 2.24) is 0 Å². The van der Waals surface area contributed by atoms with Crippen LogP contribution in [0.15, 0.2) is 36.4 Å². The Balaban J connectivity index is 2.36. The number of methoxy groups -OCH3 is 1. The van der Waals surface area contributed by atoms with Crippen LogP contribution in [0.2, 0.25) is 0 Å². The molecular formula is C15H18N2O. The molecule has 3 N–H and O–H groups in total. The molecule has 3 heteroatoms. The van der Waals surface area contributed by atoms with E-state index >= 15 is 0 Å². The lowest BCUT2D eigenvalue weighted by Gasteiger charge is -2.14. The molecule has 0 saturated heterocycles. The SMILES string of the molecule is COc1ccc(C)cc1Nc1ccc(N)cc1C. The molecule has 0 aliphatic carbocycles. The van der Waals surface area contributed by atoms with Gasteiger partial charge in [0, 0.05) is 11.4 Å². The van der Waals surface area contributed by atoms with Crippen molar-refractivity contribution in [3.8, 4) is 5.75 Å². The molecule has 0 fully saturated rings. The van der Waals surface area contributed by atoms with Crippen LogP contribution in [0, 0.1) is 13.8 Å². The standard InChI is InChI=1S/C15H18N2O/c1-10-4-7-15(18-3)14(8-10)17-13-6-5-12(16)9-11(13)2/h4-9,17H,16H2,1-3H3. The first-order chi connectivity index (χ1) is 8.60. The second-order valence-electron chi connectivity index (χ2n) is 4.40. The van der Waals surface area contributed by atoms with Gasteiger partial charge in [0.1, 0.15) is 5.75 Å². The number of rotatable bonds is 3. The predicted molar refractivity (Wildman–Crippen MR) is 76.6 cm³/mol. The Morgan fingerprint density at radius 2 is 1.78 bits per heavy atom. The fourth-order valence-electron chi connectivity index (χ4n) is 1.89. The number of aryl methyl sites for hydroxylation is 2. The average Bonchev–Trinajstić information content (AvgIpc) is 2.33. The van der Waals surface area contributed by atoms with E-state index in [2.05, 4.69) is 18.3 Å². The summed E-state index contributed by atoms with van der Waals surface area (Å²) in [5.41, 5.74) is 10.8. The Hall–Kier alpha value is -2.16. The maximum Gasteiger partial charge on any atom is 0.142 e. The third-order valence-electron chi connectivity index (χ3n) is 2.87. The van der Waals surface area contributed by atoms with Crippen LogP contribution in [-0.2, 0) is 0 Å². The highest BCUT2D eigenvalue weighted by Gasteiger charge is 2.05. The van der Waals surface area contributed by atoms with Crippen molar-refractivity contribution in [1.29, 1.82) is 0 Å². The average molecular weight is 242 g/mol. The molecule has 0 heterocycles. The lowest BCUT2D eigenvalue weighted by atomic mass is 10.1. The molecule has 0 unspecified atom stereocenters. The van der Waals surface area contributed by atoms with Crippen LogP contribution in [0.1, 0.15) is 11.1 Å². The summed E-state index contributed by atoms with van der Waals surface area (Å²) >= 11 is 0. The number of nitrogen functional groups attached to an aromatic ring is 1. The zero-order valence-electron chi connectivity index (χ0n) is 10.9. The normalized spacial score (nSPS) is 10.2. The lowest BCUT2D eigenvalue weighted by molar-refractivity contribution is 0.416. The first-order valence-corrected chi connectivity index (χ1v) is 5.88. The molecular weight excluding hydrogens is 224 g/mol. The monoisotopic (exact) mass is 242 g/mol. The molecule has 0 aromatic heterocycles. The summed E-state index contributed by atoms with van der Waals surface area (Å²) < 4.78 is 5.35. The van der Waals surface area contributed by atoms with Crippen LogP contribution in [0.25, 0.3) is 0 Å². The molecule has 0 aliphatic heterocycles. The van der Waals surface area contributed by atoms with Gasteiger partial charge in [0.05, 0.1) is 12.8 Å². The van der Waals surface area contributed by atoms with Crippen molar-refractivity contribution in [2.45, 2.75) is 13.8 Å². The van der Waals surface area contributed by atoms with E-state index in [1.807, 2.05) is 37.3 Å². The Morgan fingerprint density at radius 1 is 1.00 bits per heavy atom. The van der Waals surface area contributed by atoms with Gasteiger partial charge >= 0.3 is 0 Å². The van der Waals surface area contributed by atoms with Crippen molar-refractivity contribution < 1.29 is 4.74 Å². The molecule has 18 heavy (non-hydrogen) atoms. The molecule has 0 spiro atoms. The molecule has 0 aliphatic rings. The minimum absolute atomic E-state index is 0.772. The smallest absolute Gasteiger partial charge is 0.142 e. The summed E-state index contributed by atoms with van der Waals surface area (Å²) in [5.74, 6) is 0.830. The molecule has 0 atom stereocenters. The van der Waals surface area contributed by atoms with Crippen molar-refractivity contribution in [2.24, 2.45) is 0 Å². The van der Waals surface area contributed by atoms with Gasteiger partial charge in [0.25, 0.3) is 0 Å². The molecule has 0 bridgehead atoms. The van der Waals surface area contributed by atoms with Gasteiger partial charge in [0.2, 0.25) is 0 Å². The van der Waals surface area contributed by atoms with E-state index in [1.165, 1.54) is 5.56 Å². The highest BCUT2D eigenvalue weighted by atomic mass is 16.5. The van der Waals surface area contributed by atoms with Crippen LogP contribution in [0.5, 0.6) is 5.75 Å². The Bertz CT molecular complexity index is 564. The zero-order chi connectivity index (χ0) is 13.1. The summed E-state index contributed by atoms with van der Waals surface area (Å²) in [6.45, 7) is 4.08. The fourth-order valence-corrected chi connectivity index (χ4v) is 1.89. The van der Waals surface area contributed by atoms with Crippen LogP contribution in [-0.4, -0.2) is 7.11 Å². The highest BCUT2D eigenvalue weighted by Crippen LogP contribution is 2.30. The van der Waals surface area contributed by atoms with Crippen molar-refractivity contribution in [3.63, 3.8) is 0 Å². The van der Waals surface area contributed by atoms with E-state index in [1.54, 1.807) is 7.11 Å². The minimum atomic E-state index is 0.772. The van der Waals surface area contributed by atoms with Crippen molar-refractivity contribution in [2.75, 3.05) is 18.2 Å². The number of hydrogen-bond acceptors (Lipinski definition) is 3. The van der Waals surface area contributed by atoms with E-state index in [9.17, 15) is 0 Å². The second kappa shape index (κ2) is 5.00. The maximum absolute atomic E-state index is 5.75. The largest absolute Gasteiger partial charge is 0.495 e. The van der Waals surface area contributed by atoms with Crippen LogP contribution in [0.3, 0.4) is 0 Å². The van der Waals surface area contributed by atoms with Gasteiger partial charge < -0.3 is 15.8 Å². The van der Waals surface area contributed by atoms with Gasteiger partial charge in [-0.25, -0.2) is 0 Å². The number of anilines is 3. The van der Waals surface area contributed by atoms with E-state index in [0.717, 1.165) is 28.4 Å². The molecule has 2 aromatic rings. The highest BCUT2D eigenvalue weighted by molar-refractivity contribution is 5.70. The second-order valence-corrected chi connectivity index (χ2v) is 4.40. The van der Waals surface area contributed by atoms with Crippen molar-refractivity contribution in [3.05, 3.63) is 47.5 Å². The first-order valence-electron chi connectivity index (χ1n) is 5.88. The topological polar surface area (TPSA) is 47.3 Å². The molecule has 3 nitrogen and oxygen atoms in total. The summed E-state index contributed by atoms with van der Waals surface area (Å²) in [6.07, 6.45) is 0.